The van der Waals surface area contributed by atoms with E-state index in [1.165, 1.54) is 11.3 Å². The molecule has 4 rings (SSSR count). The van der Waals surface area contributed by atoms with Crippen LogP contribution in [0.3, 0.4) is 0 Å². The van der Waals surface area contributed by atoms with Crippen molar-refractivity contribution in [2.45, 2.75) is 19.9 Å². The Morgan fingerprint density at radius 1 is 1.16 bits per heavy atom. The van der Waals surface area contributed by atoms with Crippen molar-refractivity contribution in [2.75, 3.05) is 25.2 Å². The Morgan fingerprint density at radius 3 is 2.68 bits per heavy atom. The van der Waals surface area contributed by atoms with E-state index in [0.717, 1.165) is 34.5 Å². The lowest BCUT2D eigenvalue weighted by atomic mass is 10.2. The highest BCUT2D eigenvalue weighted by Crippen LogP contribution is 2.31. The van der Waals surface area contributed by atoms with Crippen LogP contribution < -0.4 is 14.4 Å². The Kier molecular flexibility index (Phi) is 6.47. The van der Waals surface area contributed by atoms with Gasteiger partial charge in [-0.05, 0) is 49.2 Å². The van der Waals surface area contributed by atoms with Gasteiger partial charge in [-0.2, -0.15) is 0 Å². The molecule has 0 radical (unpaired) electrons. The second-order valence-corrected chi connectivity index (χ2v) is 8.09. The lowest BCUT2D eigenvalue weighted by molar-refractivity contribution is -0.120. The smallest absolute Gasteiger partial charge is 0.266 e. The molecule has 2 heterocycles. The van der Waals surface area contributed by atoms with Crippen LogP contribution in [0, 0.1) is 6.92 Å². The van der Waals surface area contributed by atoms with Gasteiger partial charge in [0.05, 0.1) is 23.7 Å². The quantitative estimate of drug-likeness (QED) is 0.391. The summed E-state index contributed by atoms with van der Waals surface area (Å²) in [5.41, 5.74) is 2.03. The summed E-state index contributed by atoms with van der Waals surface area (Å²) in [6, 6.07) is 13.3. The number of anilines is 1. The summed E-state index contributed by atoms with van der Waals surface area (Å²) >= 11 is 1.53. The topological polar surface area (TPSA) is 69.5 Å². The van der Waals surface area contributed by atoms with Crippen molar-refractivity contribution in [1.82, 2.24) is 14.5 Å². The van der Waals surface area contributed by atoms with E-state index in [0.29, 0.717) is 17.4 Å². The van der Waals surface area contributed by atoms with E-state index in [2.05, 4.69) is 4.98 Å². The lowest BCUT2D eigenvalue weighted by Gasteiger charge is -2.20. The molecule has 2 aromatic carbocycles. The van der Waals surface area contributed by atoms with Crippen LogP contribution in [-0.2, 0) is 11.3 Å². The molecule has 0 aliphatic rings. The average Bonchev–Trinajstić information content (AvgIpc) is 3.46. The molecule has 0 spiro atoms. The van der Waals surface area contributed by atoms with E-state index >= 15 is 0 Å². The Balaban J connectivity index is 1.49. The molecular formula is C23H24N4O3S. The van der Waals surface area contributed by atoms with Gasteiger partial charge in [0, 0.05) is 25.5 Å². The van der Waals surface area contributed by atoms with Crippen molar-refractivity contribution in [3.63, 3.8) is 0 Å². The Bertz CT molecular complexity index is 1140. The molecule has 0 unspecified atom stereocenters. The molecule has 0 fully saturated rings. The van der Waals surface area contributed by atoms with Gasteiger partial charge in [-0.1, -0.05) is 23.5 Å². The number of aryl methyl sites for hydroxylation is 2. The molecule has 0 atom stereocenters. The van der Waals surface area contributed by atoms with Crippen molar-refractivity contribution in [3.05, 3.63) is 66.7 Å². The van der Waals surface area contributed by atoms with Gasteiger partial charge >= 0.3 is 0 Å². The Hall–Kier alpha value is -3.39. The van der Waals surface area contributed by atoms with Gasteiger partial charge in [0.15, 0.2) is 11.7 Å². The highest BCUT2D eigenvalue weighted by molar-refractivity contribution is 7.22. The molecule has 7 nitrogen and oxygen atoms in total. The third-order valence-corrected chi connectivity index (χ3v) is 5.96. The SMILES string of the molecule is COc1ccc(OCC(=O)N(CCCn2ccnc2)c2nc3c(C)cccc3s2)cc1. The fourth-order valence-electron chi connectivity index (χ4n) is 3.24. The number of fused-ring (bicyclic) bond motifs is 1. The van der Waals surface area contributed by atoms with Crippen LogP contribution in [0.1, 0.15) is 12.0 Å². The first-order valence-corrected chi connectivity index (χ1v) is 10.8. The van der Waals surface area contributed by atoms with Gasteiger partial charge in [0.2, 0.25) is 0 Å². The number of methoxy groups -OCH3 is 1. The number of nitrogens with zero attached hydrogens (tertiary/aromatic N) is 4. The highest BCUT2D eigenvalue weighted by Gasteiger charge is 2.20. The highest BCUT2D eigenvalue weighted by atomic mass is 32.1. The maximum absolute atomic E-state index is 13.1. The standard InChI is InChI=1S/C23H24N4O3S/c1-17-5-3-6-20-22(17)25-23(31-20)27(13-4-12-26-14-11-24-16-26)21(28)15-30-19-9-7-18(29-2)8-10-19/h3,5-11,14,16H,4,12-13,15H2,1-2H3. The van der Waals surface area contributed by atoms with Crippen LogP contribution in [0.2, 0.25) is 0 Å². The summed E-state index contributed by atoms with van der Waals surface area (Å²) in [6.45, 7) is 3.28. The van der Waals surface area contributed by atoms with Gasteiger partial charge in [-0.3, -0.25) is 9.69 Å². The Morgan fingerprint density at radius 2 is 1.97 bits per heavy atom. The zero-order valence-electron chi connectivity index (χ0n) is 17.5. The molecule has 4 aromatic rings. The fourth-order valence-corrected chi connectivity index (χ4v) is 4.33. The molecular weight excluding hydrogens is 412 g/mol. The van der Waals surface area contributed by atoms with Crippen molar-refractivity contribution in [3.8, 4) is 11.5 Å². The number of hydrogen-bond acceptors (Lipinski definition) is 6. The third kappa shape index (κ3) is 5.03. The number of imidazole rings is 1. The molecule has 0 aliphatic carbocycles. The molecule has 0 aliphatic heterocycles. The van der Waals surface area contributed by atoms with E-state index in [1.54, 1.807) is 48.8 Å². The number of benzene rings is 2. The zero-order valence-corrected chi connectivity index (χ0v) is 18.3. The van der Waals surface area contributed by atoms with Crippen LogP contribution in [0.25, 0.3) is 10.2 Å². The molecule has 0 saturated heterocycles. The summed E-state index contributed by atoms with van der Waals surface area (Å²) < 4.78 is 14.0. The summed E-state index contributed by atoms with van der Waals surface area (Å²) in [6.07, 6.45) is 6.22. The lowest BCUT2D eigenvalue weighted by Crippen LogP contribution is -2.36. The van der Waals surface area contributed by atoms with Crippen molar-refractivity contribution in [2.24, 2.45) is 0 Å². The average molecular weight is 437 g/mol. The largest absolute Gasteiger partial charge is 0.497 e. The number of para-hydroxylation sites is 1. The number of aromatic nitrogens is 3. The number of hydrogen-bond donors (Lipinski definition) is 0. The van der Waals surface area contributed by atoms with E-state index in [4.69, 9.17) is 14.5 Å². The van der Waals surface area contributed by atoms with Crippen LogP contribution in [0.5, 0.6) is 11.5 Å². The number of rotatable bonds is 9. The summed E-state index contributed by atoms with van der Waals surface area (Å²) in [5.74, 6) is 1.23. The Labute approximate surface area is 184 Å². The van der Waals surface area contributed by atoms with Crippen LogP contribution >= 0.6 is 11.3 Å². The number of ether oxygens (including phenoxy) is 2. The first-order chi connectivity index (χ1) is 15.1. The van der Waals surface area contributed by atoms with E-state index < -0.39 is 0 Å². The summed E-state index contributed by atoms with van der Waals surface area (Å²) in [4.78, 5) is 23.7. The van der Waals surface area contributed by atoms with E-state index in [-0.39, 0.29) is 12.5 Å². The number of carbonyl (C=O) groups is 1. The van der Waals surface area contributed by atoms with Crippen molar-refractivity contribution in [1.29, 1.82) is 0 Å². The normalized spacial score (nSPS) is 10.9. The van der Waals surface area contributed by atoms with E-state index in [9.17, 15) is 4.79 Å². The van der Waals surface area contributed by atoms with Crippen LogP contribution in [0.4, 0.5) is 5.13 Å². The predicted octanol–water partition coefficient (Wildman–Crippen LogP) is 4.31. The van der Waals surface area contributed by atoms with E-state index in [1.807, 2.05) is 35.9 Å². The second kappa shape index (κ2) is 9.61. The van der Waals surface area contributed by atoms with Crippen molar-refractivity contribution < 1.29 is 14.3 Å². The first-order valence-electron chi connectivity index (χ1n) is 10.0. The van der Waals surface area contributed by atoms with Crippen LogP contribution in [0.15, 0.2) is 61.2 Å². The monoisotopic (exact) mass is 436 g/mol. The molecule has 8 heteroatoms. The van der Waals surface area contributed by atoms with Gasteiger partial charge in [-0.25, -0.2) is 9.97 Å². The molecule has 0 saturated carbocycles. The molecule has 0 N–H and O–H groups in total. The fraction of sp³-hybridized carbons (Fsp3) is 0.261. The van der Waals surface area contributed by atoms with Gasteiger partial charge in [0.25, 0.3) is 5.91 Å². The molecule has 2 aromatic heterocycles. The first kappa shape index (κ1) is 20.9. The van der Waals surface area contributed by atoms with Crippen LogP contribution in [-0.4, -0.2) is 40.7 Å². The molecule has 1 amide bonds. The minimum atomic E-state index is -0.127. The minimum absolute atomic E-state index is 0.0632. The maximum Gasteiger partial charge on any atom is 0.266 e. The van der Waals surface area contributed by atoms with Gasteiger partial charge in [0.1, 0.15) is 11.5 Å². The van der Waals surface area contributed by atoms with Gasteiger partial charge in [-0.15, -0.1) is 0 Å². The second-order valence-electron chi connectivity index (χ2n) is 7.08. The minimum Gasteiger partial charge on any atom is -0.497 e. The predicted molar refractivity (Wildman–Crippen MR) is 122 cm³/mol. The number of carbonyl (C=O) groups excluding carboxylic acids is 1. The van der Waals surface area contributed by atoms with Crippen molar-refractivity contribution >= 4 is 32.6 Å². The zero-order chi connectivity index (χ0) is 21.6. The summed E-state index contributed by atoms with van der Waals surface area (Å²) in [7, 11) is 1.61. The third-order valence-electron chi connectivity index (χ3n) is 4.92. The number of amides is 1. The summed E-state index contributed by atoms with van der Waals surface area (Å²) in [5, 5.41) is 0.693. The molecule has 0 bridgehead atoms. The van der Waals surface area contributed by atoms with Gasteiger partial charge < -0.3 is 14.0 Å². The molecule has 160 valence electrons. The maximum atomic E-state index is 13.1. The molecule has 31 heavy (non-hydrogen) atoms. The number of thiazole rings is 1.